The number of nitrogens with one attached hydrogen (secondary N) is 1. The van der Waals surface area contributed by atoms with E-state index in [9.17, 15) is 13.2 Å². The van der Waals surface area contributed by atoms with Crippen molar-refractivity contribution in [2.24, 2.45) is 0 Å². The van der Waals surface area contributed by atoms with E-state index in [0.717, 1.165) is 18.4 Å². The van der Waals surface area contributed by atoms with Crippen LogP contribution in [0.2, 0.25) is 0 Å². The second-order valence-electron chi connectivity index (χ2n) is 7.10. The first-order valence-corrected chi connectivity index (χ1v) is 10.9. The van der Waals surface area contributed by atoms with Crippen molar-refractivity contribution in [1.82, 2.24) is 9.62 Å². The summed E-state index contributed by atoms with van der Waals surface area (Å²) in [7, 11) is 2.38. The lowest BCUT2D eigenvalue weighted by Gasteiger charge is -2.20. The predicted molar refractivity (Wildman–Crippen MR) is 112 cm³/mol. The van der Waals surface area contributed by atoms with Crippen molar-refractivity contribution in [2.75, 3.05) is 28.4 Å². The van der Waals surface area contributed by atoms with Crippen LogP contribution in [-0.4, -0.2) is 53.6 Å². The average molecular weight is 435 g/mol. The summed E-state index contributed by atoms with van der Waals surface area (Å²) in [6.07, 6.45) is 1.62. The smallest absolute Gasteiger partial charge is 0.253 e. The Balaban J connectivity index is 1.85. The van der Waals surface area contributed by atoms with Gasteiger partial charge in [-0.1, -0.05) is 0 Å². The molecule has 1 N–H and O–H groups in total. The van der Waals surface area contributed by atoms with Gasteiger partial charge in [0.05, 0.1) is 21.3 Å². The van der Waals surface area contributed by atoms with E-state index in [1.54, 1.807) is 39.5 Å². The molecule has 0 atom stereocenters. The molecule has 0 unspecified atom stereocenters. The van der Waals surface area contributed by atoms with Crippen molar-refractivity contribution in [3.05, 3.63) is 47.5 Å². The van der Waals surface area contributed by atoms with Gasteiger partial charge in [-0.05, 0) is 43.2 Å². The molecule has 2 aromatic rings. The first-order chi connectivity index (χ1) is 14.3. The number of ether oxygens (including phenoxy) is 3. The van der Waals surface area contributed by atoms with E-state index in [-0.39, 0.29) is 34.7 Å². The molecular weight excluding hydrogens is 408 g/mol. The minimum Gasteiger partial charge on any atom is -0.497 e. The number of sulfonamides is 1. The molecule has 2 aromatic carbocycles. The number of hydrogen-bond donors (Lipinski definition) is 1. The number of methoxy groups -OCH3 is 3. The lowest BCUT2D eigenvalue weighted by Crippen LogP contribution is -2.28. The Bertz CT molecular complexity index is 1030. The molecule has 1 amide bonds. The SMILES string of the molecule is COc1ccc(CN(C)C(=O)c2ccc(OC)c(S(=O)(=O)NC3CC3)c2)c(OC)c1. The number of carbonyl (C=O) groups is 1. The molecule has 0 aromatic heterocycles. The van der Waals surface area contributed by atoms with Crippen LogP contribution in [0, 0.1) is 0 Å². The van der Waals surface area contributed by atoms with Crippen molar-refractivity contribution in [3.8, 4) is 17.2 Å². The molecule has 8 nitrogen and oxygen atoms in total. The average Bonchev–Trinajstić information content (AvgIpc) is 3.56. The summed E-state index contributed by atoms with van der Waals surface area (Å²) >= 11 is 0. The summed E-state index contributed by atoms with van der Waals surface area (Å²) < 4.78 is 43.8. The number of amides is 1. The van der Waals surface area contributed by atoms with Gasteiger partial charge >= 0.3 is 0 Å². The largest absolute Gasteiger partial charge is 0.497 e. The van der Waals surface area contributed by atoms with Crippen LogP contribution in [0.1, 0.15) is 28.8 Å². The van der Waals surface area contributed by atoms with Gasteiger partial charge < -0.3 is 19.1 Å². The van der Waals surface area contributed by atoms with Gasteiger partial charge in [0.25, 0.3) is 5.91 Å². The molecule has 30 heavy (non-hydrogen) atoms. The molecule has 0 spiro atoms. The number of benzene rings is 2. The maximum atomic E-state index is 13.0. The lowest BCUT2D eigenvalue weighted by molar-refractivity contribution is 0.0784. The number of hydrogen-bond acceptors (Lipinski definition) is 6. The van der Waals surface area contributed by atoms with E-state index in [0.29, 0.717) is 11.5 Å². The molecule has 0 bridgehead atoms. The van der Waals surface area contributed by atoms with Gasteiger partial charge in [0.1, 0.15) is 22.1 Å². The second kappa shape index (κ2) is 8.93. The molecule has 0 aliphatic heterocycles. The van der Waals surface area contributed by atoms with Gasteiger partial charge in [0.2, 0.25) is 10.0 Å². The highest BCUT2D eigenvalue weighted by molar-refractivity contribution is 7.89. The van der Waals surface area contributed by atoms with Crippen LogP contribution in [0.25, 0.3) is 0 Å². The summed E-state index contributed by atoms with van der Waals surface area (Å²) in [5.41, 5.74) is 1.05. The molecule has 0 radical (unpaired) electrons. The van der Waals surface area contributed by atoms with E-state index in [1.807, 2.05) is 6.07 Å². The Morgan fingerprint density at radius 3 is 2.33 bits per heavy atom. The van der Waals surface area contributed by atoms with Gasteiger partial charge in [0, 0.05) is 36.8 Å². The summed E-state index contributed by atoms with van der Waals surface area (Å²) in [5, 5.41) is 0. The minimum absolute atomic E-state index is 0.0434. The fourth-order valence-electron chi connectivity index (χ4n) is 3.03. The van der Waals surface area contributed by atoms with E-state index in [4.69, 9.17) is 14.2 Å². The molecule has 1 aliphatic carbocycles. The van der Waals surface area contributed by atoms with Crippen LogP contribution in [0.3, 0.4) is 0 Å². The third kappa shape index (κ3) is 4.85. The van der Waals surface area contributed by atoms with Gasteiger partial charge in [0.15, 0.2) is 0 Å². The van der Waals surface area contributed by atoms with Gasteiger partial charge in [-0.25, -0.2) is 13.1 Å². The van der Waals surface area contributed by atoms with Crippen LogP contribution in [0.5, 0.6) is 17.2 Å². The molecule has 162 valence electrons. The second-order valence-corrected chi connectivity index (χ2v) is 8.78. The molecule has 3 rings (SSSR count). The fraction of sp³-hybridized carbons (Fsp3) is 0.381. The van der Waals surface area contributed by atoms with E-state index < -0.39 is 10.0 Å². The number of nitrogens with zero attached hydrogens (tertiary/aromatic N) is 1. The Kier molecular flexibility index (Phi) is 6.52. The highest BCUT2D eigenvalue weighted by Crippen LogP contribution is 2.29. The highest BCUT2D eigenvalue weighted by Gasteiger charge is 2.30. The van der Waals surface area contributed by atoms with Gasteiger partial charge in [-0.3, -0.25) is 4.79 Å². The normalized spacial score (nSPS) is 13.6. The highest BCUT2D eigenvalue weighted by atomic mass is 32.2. The monoisotopic (exact) mass is 434 g/mol. The topological polar surface area (TPSA) is 94.2 Å². The standard InChI is InChI=1S/C21H26N2O6S/c1-23(13-15-5-9-17(27-2)12-19(15)29-4)21(24)14-6-10-18(28-3)20(11-14)30(25,26)22-16-7-8-16/h5-6,9-12,16,22H,7-8,13H2,1-4H3. The van der Waals surface area contributed by atoms with Crippen molar-refractivity contribution in [2.45, 2.75) is 30.3 Å². The summed E-state index contributed by atoms with van der Waals surface area (Å²) in [6.45, 7) is 0.278. The maximum Gasteiger partial charge on any atom is 0.253 e. The third-order valence-electron chi connectivity index (χ3n) is 4.85. The summed E-state index contributed by atoms with van der Waals surface area (Å²) in [5.74, 6) is 1.12. The van der Waals surface area contributed by atoms with Crippen LogP contribution >= 0.6 is 0 Å². The molecule has 9 heteroatoms. The van der Waals surface area contributed by atoms with E-state index in [2.05, 4.69) is 4.72 Å². The molecule has 1 fully saturated rings. The zero-order valence-electron chi connectivity index (χ0n) is 17.5. The first kappa shape index (κ1) is 21.9. The number of rotatable bonds is 9. The molecular formula is C21H26N2O6S. The molecule has 0 heterocycles. The van der Waals surface area contributed by atoms with Gasteiger partial charge in [-0.15, -0.1) is 0 Å². The zero-order valence-corrected chi connectivity index (χ0v) is 18.3. The third-order valence-corrected chi connectivity index (χ3v) is 6.39. The van der Waals surface area contributed by atoms with Crippen LogP contribution in [-0.2, 0) is 16.6 Å². The van der Waals surface area contributed by atoms with Crippen LogP contribution in [0.4, 0.5) is 0 Å². The Hall–Kier alpha value is -2.78. The Morgan fingerprint density at radius 2 is 1.73 bits per heavy atom. The van der Waals surface area contributed by atoms with Crippen molar-refractivity contribution in [3.63, 3.8) is 0 Å². The fourth-order valence-corrected chi connectivity index (χ4v) is 4.53. The molecule has 1 saturated carbocycles. The van der Waals surface area contributed by atoms with Crippen molar-refractivity contribution >= 4 is 15.9 Å². The van der Waals surface area contributed by atoms with Crippen molar-refractivity contribution in [1.29, 1.82) is 0 Å². The van der Waals surface area contributed by atoms with Crippen LogP contribution in [0.15, 0.2) is 41.3 Å². The van der Waals surface area contributed by atoms with E-state index >= 15 is 0 Å². The Morgan fingerprint density at radius 1 is 1.03 bits per heavy atom. The lowest BCUT2D eigenvalue weighted by atomic mass is 10.1. The number of carbonyl (C=O) groups excluding carboxylic acids is 1. The quantitative estimate of drug-likeness (QED) is 0.652. The van der Waals surface area contributed by atoms with Crippen LogP contribution < -0.4 is 18.9 Å². The zero-order chi connectivity index (χ0) is 21.9. The minimum atomic E-state index is -3.78. The van der Waals surface area contributed by atoms with E-state index in [1.165, 1.54) is 24.1 Å². The first-order valence-electron chi connectivity index (χ1n) is 9.45. The predicted octanol–water partition coefficient (Wildman–Crippen LogP) is 2.43. The van der Waals surface area contributed by atoms with Crippen molar-refractivity contribution < 1.29 is 27.4 Å². The summed E-state index contributed by atoms with van der Waals surface area (Å²) in [4.78, 5) is 14.4. The van der Waals surface area contributed by atoms with Gasteiger partial charge in [-0.2, -0.15) is 0 Å². The summed E-state index contributed by atoms with van der Waals surface area (Å²) in [6, 6.07) is 9.71. The maximum absolute atomic E-state index is 13.0. The Labute approximate surface area is 176 Å². The molecule has 0 saturated heterocycles. The molecule has 1 aliphatic rings.